The molecule has 0 bridgehead atoms. The Bertz CT molecular complexity index is 730. The number of nitrogens with zero attached hydrogens (tertiary/aromatic N) is 2. The Labute approximate surface area is 115 Å². The lowest BCUT2D eigenvalue weighted by molar-refractivity contribution is 0.220. The van der Waals surface area contributed by atoms with Crippen molar-refractivity contribution >= 4 is 22.5 Å². The van der Waals surface area contributed by atoms with Crippen LogP contribution in [0.2, 0.25) is 5.15 Å². The molecule has 0 spiro atoms. The van der Waals surface area contributed by atoms with Crippen molar-refractivity contribution in [2.45, 2.75) is 6.10 Å². The summed E-state index contributed by atoms with van der Waals surface area (Å²) in [5.41, 5.74) is 2.36. The number of pyridine rings is 2. The molecule has 1 unspecified atom stereocenters. The molecule has 94 valence electrons. The molecule has 0 radical (unpaired) electrons. The van der Waals surface area contributed by atoms with Gasteiger partial charge in [0.1, 0.15) is 11.3 Å². The van der Waals surface area contributed by atoms with Crippen LogP contribution in [0.15, 0.2) is 54.9 Å². The Hall–Kier alpha value is -1.97. The van der Waals surface area contributed by atoms with E-state index in [1.165, 1.54) is 0 Å². The maximum absolute atomic E-state index is 10.4. The molecule has 1 aromatic carbocycles. The molecule has 0 aliphatic rings. The third kappa shape index (κ3) is 2.43. The molecule has 19 heavy (non-hydrogen) atoms. The number of hydrogen-bond donors (Lipinski definition) is 1. The number of hydrogen-bond acceptors (Lipinski definition) is 3. The summed E-state index contributed by atoms with van der Waals surface area (Å²) in [4.78, 5) is 8.19. The number of aromatic nitrogens is 2. The summed E-state index contributed by atoms with van der Waals surface area (Å²) in [5.74, 6) is 0. The highest BCUT2D eigenvalue weighted by atomic mass is 35.5. The molecule has 3 rings (SSSR count). The molecular formula is C15H11ClN2O. The van der Waals surface area contributed by atoms with E-state index in [1.54, 1.807) is 24.5 Å². The number of halogens is 1. The SMILES string of the molecule is OC(c1ccnc(Cl)c1)c1ccc2cccnc2c1. The maximum Gasteiger partial charge on any atom is 0.129 e. The molecule has 2 aromatic heterocycles. The average molecular weight is 271 g/mol. The maximum atomic E-state index is 10.4. The summed E-state index contributed by atoms with van der Waals surface area (Å²) in [5, 5.41) is 11.8. The molecule has 0 saturated carbocycles. The third-order valence-corrected chi connectivity index (χ3v) is 3.22. The molecule has 4 heteroatoms. The Morgan fingerprint density at radius 1 is 0.947 bits per heavy atom. The van der Waals surface area contributed by atoms with Crippen molar-refractivity contribution < 1.29 is 5.11 Å². The summed E-state index contributed by atoms with van der Waals surface area (Å²) in [6.45, 7) is 0. The summed E-state index contributed by atoms with van der Waals surface area (Å²) in [6.07, 6.45) is 2.59. The van der Waals surface area contributed by atoms with Gasteiger partial charge in [-0.05, 0) is 35.4 Å². The van der Waals surface area contributed by atoms with Crippen molar-refractivity contribution in [1.29, 1.82) is 0 Å². The van der Waals surface area contributed by atoms with E-state index in [-0.39, 0.29) is 0 Å². The lowest BCUT2D eigenvalue weighted by atomic mass is 10.0. The second kappa shape index (κ2) is 4.96. The quantitative estimate of drug-likeness (QED) is 0.726. The van der Waals surface area contributed by atoms with Gasteiger partial charge in [0.25, 0.3) is 0 Å². The average Bonchev–Trinajstić information content (AvgIpc) is 2.46. The minimum absolute atomic E-state index is 0.371. The second-order valence-corrected chi connectivity index (χ2v) is 4.66. The molecule has 3 nitrogen and oxygen atoms in total. The zero-order valence-corrected chi connectivity index (χ0v) is 10.7. The summed E-state index contributed by atoms with van der Waals surface area (Å²) in [7, 11) is 0. The van der Waals surface area contributed by atoms with E-state index in [9.17, 15) is 5.11 Å². The van der Waals surface area contributed by atoms with Crippen LogP contribution in [0, 0.1) is 0 Å². The fraction of sp³-hybridized carbons (Fsp3) is 0.0667. The standard InChI is InChI=1S/C15H11ClN2O/c16-14-9-12(5-7-18-14)15(19)11-4-3-10-2-1-6-17-13(10)8-11/h1-9,15,19H. The topological polar surface area (TPSA) is 46.0 Å². The molecule has 0 fully saturated rings. The van der Waals surface area contributed by atoms with E-state index in [0.29, 0.717) is 5.15 Å². The van der Waals surface area contributed by atoms with Crippen LogP contribution in [-0.4, -0.2) is 15.1 Å². The van der Waals surface area contributed by atoms with Gasteiger partial charge in [0.2, 0.25) is 0 Å². The first-order chi connectivity index (χ1) is 9.24. The molecule has 0 aliphatic heterocycles. The zero-order valence-electron chi connectivity index (χ0n) is 9.99. The molecule has 0 aliphatic carbocycles. The van der Waals surface area contributed by atoms with Crippen LogP contribution in [-0.2, 0) is 0 Å². The number of rotatable bonds is 2. The minimum atomic E-state index is -0.730. The van der Waals surface area contributed by atoms with Gasteiger partial charge in [0.05, 0.1) is 5.52 Å². The predicted molar refractivity (Wildman–Crippen MR) is 75.1 cm³/mol. The molecule has 0 saturated heterocycles. The van der Waals surface area contributed by atoms with Crippen LogP contribution < -0.4 is 0 Å². The van der Waals surface area contributed by atoms with Crippen molar-refractivity contribution in [2.24, 2.45) is 0 Å². The van der Waals surface area contributed by atoms with Crippen LogP contribution in [0.25, 0.3) is 10.9 Å². The van der Waals surface area contributed by atoms with E-state index in [2.05, 4.69) is 9.97 Å². The Kier molecular flexibility index (Phi) is 3.15. The highest BCUT2D eigenvalue weighted by molar-refractivity contribution is 6.29. The van der Waals surface area contributed by atoms with Crippen molar-refractivity contribution in [3.8, 4) is 0 Å². The van der Waals surface area contributed by atoms with Crippen molar-refractivity contribution in [2.75, 3.05) is 0 Å². The minimum Gasteiger partial charge on any atom is -0.384 e. The van der Waals surface area contributed by atoms with E-state index in [4.69, 9.17) is 11.6 Å². The Morgan fingerprint density at radius 2 is 1.79 bits per heavy atom. The van der Waals surface area contributed by atoms with Crippen molar-refractivity contribution in [3.05, 3.63) is 71.1 Å². The highest BCUT2D eigenvalue weighted by Gasteiger charge is 2.11. The summed E-state index contributed by atoms with van der Waals surface area (Å²) >= 11 is 5.84. The zero-order chi connectivity index (χ0) is 13.2. The molecule has 2 heterocycles. The molecule has 1 atom stereocenters. The van der Waals surface area contributed by atoms with Gasteiger partial charge in [-0.2, -0.15) is 0 Å². The van der Waals surface area contributed by atoms with Gasteiger partial charge in [0, 0.05) is 17.8 Å². The second-order valence-electron chi connectivity index (χ2n) is 4.27. The van der Waals surface area contributed by atoms with Crippen LogP contribution in [0.3, 0.4) is 0 Å². The van der Waals surface area contributed by atoms with Gasteiger partial charge in [-0.1, -0.05) is 29.8 Å². The van der Waals surface area contributed by atoms with Gasteiger partial charge >= 0.3 is 0 Å². The van der Waals surface area contributed by atoms with Gasteiger partial charge in [-0.3, -0.25) is 4.98 Å². The molecule has 1 N–H and O–H groups in total. The highest BCUT2D eigenvalue weighted by Crippen LogP contribution is 2.25. The fourth-order valence-electron chi connectivity index (χ4n) is 2.03. The van der Waals surface area contributed by atoms with Gasteiger partial charge in [-0.25, -0.2) is 4.98 Å². The third-order valence-electron chi connectivity index (χ3n) is 3.01. The molecule has 3 aromatic rings. The fourth-order valence-corrected chi connectivity index (χ4v) is 2.22. The number of aliphatic hydroxyl groups excluding tert-OH is 1. The Morgan fingerprint density at radius 3 is 2.63 bits per heavy atom. The first-order valence-corrected chi connectivity index (χ1v) is 6.26. The van der Waals surface area contributed by atoms with Gasteiger partial charge in [-0.15, -0.1) is 0 Å². The van der Waals surface area contributed by atoms with Gasteiger partial charge < -0.3 is 5.11 Å². The molecule has 0 amide bonds. The summed E-state index contributed by atoms with van der Waals surface area (Å²) < 4.78 is 0. The number of aliphatic hydroxyl groups is 1. The molecular weight excluding hydrogens is 260 g/mol. The van der Waals surface area contributed by atoms with Crippen LogP contribution >= 0.6 is 11.6 Å². The van der Waals surface area contributed by atoms with Crippen LogP contribution in [0.1, 0.15) is 17.2 Å². The van der Waals surface area contributed by atoms with Crippen molar-refractivity contribution in [1.82, 2.24) is 9.97 Å². The Balaban J connectivity index is 2.04. The normalized spacial score (nSPS) is 12.5. The van der Waals surface area contributed by atoms with E-state index in [0.717, 1.165) is 22.0 Å². The van der Waals surface area contributed by atoms with Crippen LogP contribution in [0.4, 0.5) is 0 Å². The smallest absolute Gasteiger partial charge is 0.129 e. The van der Waals surface area contributed by atoms with E-state index in [1.807, 2.05) is 30.3 Å². The predicted octanol–water partition coefficient (Wildman–Crippen LogP) is 3.36. The van der Waals surface area contributed by atoms with Gasteiger partial charge in [0.15, 0.2) is 0 Å². The van der Waals surface area contributed by atoms with E-state index >= 15 is 0 Å². The van der Waals surface area contributed by atoms with Crippen molar-refractivity contribution in [3.63, 3.8) is 0 Å². The number of benzene rings is 1. The lowest BCUT2D eigenvalue weighted by Gasteiger charge is -2.12. The summed E-state index contributed by atoms with van der Waals surface area (Å²) in [6, 6.07) is 13.0. The first-order valence-electron chi connectivity index (χ1n) is 5.88. The first kappa shape index (κ1) is 12.1. The monoisotopic (exact) mass is 270 g/mol. The van der Waals surface area contributed by atoms with E-state index < -0.39 is 6.10 Å². The lowest BCUT2D eigenvalue weighted by Crippen LogP contribution is -2.00. The largest absolute Gasteiger partial charge is 0.384 e. The number of fused-ring (bicyclic) bond motifs is 1. The van der Waals surface area contributed by atoms with Crippen LogP contribution in [0.5, 0.6) is 0 Å².